The van der Waals surface area contributed by atoms with Crippen molar-refractivity contribution in [3.63, 3.8) is 0 Å². The minimum Gasteiger partial charge on any atom is -0.462 e. The molecule has 1 unspecified atom stereocenters. The molecule has 0 aliphatic carbocycles. The molecule has 0 amide bonds. The number of rotatable bonds is 6. The Morgan fingerprint density at radius 1 is 1.43 bits per heavy atom. The second-order valence-electron chi connectivity index (χ2n) is 3.60. The minimum atomic E-state index is -0.0233. The van der Waals surface area contributed by atoms with Gasteiger partial charge in [-0.05, 0) is 25.5 Å². The minimum absolute atomic E-state index is 0.0233. The zero-order valence-electron chi connectivity index (χ0n) is 8.92. The molecule has 0 saturated heterocycles. The van der Waals surface area contributed by atoms with Crippen LogP contribution in [0.1, 0.15) is 38.2 Å². The predicted molar refractivity (Wildman–Crippen MR) is 55.8 cm³/mol. The van der Waals surface area contributed by atoms with Gasteiger partial charge in [-0.25, -0.2) is 0 Å². The second-order valence-corrected chi connectivity index (χ2v) is 3.60. The Labute approximate surface area is 85.1 Å². The maximum absolute atomic E-state index is 8.80. The van der Waals surface area contributed by atoms with Gasteiger partial charge in [0.05, 0.1) is 6.54 Å². The van der Waals surface area contributed by atoms with Crippen molar-refractivity contribution >= 4 is 0 Å². The van der Waals surface area contributed by atoms with E-state index in [2.05, 4.69) is 19.2 Å². The Kier molecular flexibility index (Phi) is 4.70. The molecule has 1 aromatic heterocycles. The fourth-order valence-corrected chi connectivity index (χ4v) is 1.41. The van der Waals surface area contributed by atoms with Crippen LogP contribution in [0.4, 0.5) is 0 Å². The fraction of sp³-hybridized carbons (Fsp3) is 0.636. The van der Waals surface area contributed by atoms with Crippen LogP contribution < -0.4 is 5.32 Å². The maximum Gasteiger partial charge on any atom is 0.129 e. The van der Waals surface area contributed by atoms with Crippen LogP contribution in [-0.4, -0.2) is 11.1 Å². The van der Waals surface area contributed by atoms with E-state index in [-0.39, 0.29) is 6.61 Å². The monoisotopic (exact) mass is 197 g/mol. The summed E-state index contributed by atoms with van der Waals surface area (Å²) in [6.45, 7) is 5.06. The highest BCUT2D eigenvalue weighted by Gasteiger charge is 2.03. The van der Waals surface area contributed by atoms with Crippen molar-refractivity contribution in [2.24, 2.45) is 0 Å². The molecular weight excluding hydrogens is 178 g/mol. The molecule has 14 heavy (non-hydrogen) atoms. The molecule has 0 radical (unpaired) electrons. The van der Waals surface area contributed by atoms with Gasteiger partial charge in [0.15, 0.2) is 0 Å². The van der Waals surface area contributed by atoms with Crippen molar-refractivity contribution in [2.75, 3.05) is 0 Å². The summed E-state index contributed by atoms with van der Waals surface area (Å²) in [5, 5.41) is 12.2. The zero-order chi connectivity index (χ0) is 10.4. The third-order valence-electron chi connectivity index (χ3n) is 2.22. The van der Waals surface area contributed by atoms with E-state index < -0.39 is 0 Å². The molecule has 1 heterocycles. The molecule has 0 aliphatic rings. The van der Waals surface area contributed by atoms with Crippen LogP contribution in [0.2, 0.25) is 0 Å². The van der Waals surface area contributed by atoms with Gasteiger partial charge < -0.3 is 14.8 Å². The highest BCUT2D eigenvalue weighted by atomic mass is 16.4. The van der Waals surface area contributed by atoms with E-state index in [0.717, 1.165) is 12.3 Å². The van der Waals surface area contributed by atoms with Gasteiger partial charge in [-0.1, -0.05) is 13.3 Å². The lowest BCUT2D eigenvalue weighted by Crippen LogP contribution is -2.24. The van der Waals surface area contributed by atoms with Crippen molar-refractivity contribution in [1.29, 1.82) is 0 Å². The van der Waals surface area contributed by atoms with Gasteiger partial charge in [-0.15, -0.1) is 0 Å². The normalized spacial score (nSPS) is 13.1. The van der Waals surface area contributed by atoms with Gasteiger partial charge in [0.1, 0.15) is 18.1 Å². The predicted octanol–water partition coefficient (Wildman–Crippen LogP) is 2.05. The van der Waals surface area contributed by atoms with Crippen LogP contribution in [0.25, 0.3) is 0 Å². The molecule has 0 spiro atoms. The second kappa shape index (κ2) is 5.83. The Bertz CT molecular complexity index is 258. The summed E-state index contributed by atoms with van der Waals surface area (Å²) in [6.07, 6.45) is 2.36. The average Bonchev–Trinajstić information content (AvgIpc) is 2.63. The zero-order valence-corrected chi connectivity index (χ0v) is 8.92. The van der Waals surface area contributed by atoms with Crippen LogP contribution in [0.5, 0.6) is 0 Å². The topological polar surface area (TPSA) is 45.4 Å². The summed E-state index contributed by atoms with van der Waals surface area (Å²) in [6, 6.07) is 4.22. The summed E-state index contributed by atoms with van der Waals surface area (Å²) in [7, 11) is 0. The molecular formula is C11H19NO2. The maximum atomic E-state index is 8.80. The van der Waals surface area contributed by atoms with E-state index in [4.69, 9.17) is 9.52 Å². The SMILES string of the molecule is CCCC(C)NCc1ccc(CO)o1. The number of nitrogens with one attached hydrogen (secondary N) is 1. The lowest BCUT2D eigenvalue weighted by atomic mass is 10.2. The van der Waals surface area contributed by atoms with Gasteiger partial charge in [-0.2, -0.15) is 0 Å². The lowest BCUT2D eigenvalue weighted by molar-refractivity contribution is 0.242. The molecule has 1 atom stereocenters. The van der Waals surface area contributed by atoms with Gasteiger partial charge in [0, 0.05) is 6.04 Å². The van der Waals surface area contributed by atoms with E-state index in [0.29, 0.717) is 11.8 Å². The molecule has 0 fully saturated rings. The van der Waals surface area contributed by atoms with Crippen molar-refractivity contribution in [2.45, 2.75) is 45.9 Å². The number of furan rings is 1. The molecule has 1 aromatic rings. The Morgan fingerprint density at radius 2 is 2.14 bits per heavy atom. The van der Waals surface area contributed by atoms with Gasteiger partial charge in [0.25, 0.3) is 0 Å². The summed E-state index contributed by atoms with van der Waals surface area (Å²) >= 11 is 0. The van der Waals surface area contributed by atoms with Gasteiger partial charge >= 0.3 is 0 Å². The molecule has 2 N–H and O–H groups in total. The van der Waals surface area contributed by atoms with E-state index in [1.807, 2.05) is 12.1 Å². The van der Waals surface area contributed by atoms with Crippen LogP contribution in [0, 0.1) is 0 Å². The number of hydrogen-bond donors (Lipinski definition) is 2. The first kappa shape index (κ1) is 11.3. The summed E-state index contributed by atoms with van der Waals surface area (Å²) in [5.41, 5.74) is 0. The van der Waals surface area contributed by atoms with E-state index in [9.17, 15) is 0 Å². The number of aliphatic hydroxyl groups excluding tert-OH is 1. The van der Waals surface area contributed by atoms with Crippen LogP contribution in [-0.2, 0) is 13.2 Å². The number of aliphatic hydroxyl groups is 1. The van der Waals surface area contributed by atoms with Gasteiger partial charge in [-0.3, -0.25) is 0 Å². The molecule has 80 valence electrons. The third kappa shape index (κ3) is 3.52. The molecule has 0 saturated carbocycles. The third-order valence-corrected chi connectivity index (χ3v) is 2.22. The molecule has 1 rings (SSSR count). The van der Waals surface area contributed by atoms with Crippen molar-refractivity contribution in [1.82, 2.24) is 5.32 Å². The molecule has 0 aromatic carbocycles. The van der Waals surface area contributed by atoms with E-state index in [1.165, 1.54) is 12.8 Å². The first-order chi connectivity index (χ1) is 6.76. The van der Waals surface area contributed by atoms with E-state index >= 15 is 0 Å². The summed E-state index contributed by atoms with van der Waals surface area (Å²) in [5.74, 6) is 1.52. The fourth-order valence-electron chi connectivity index (χ4n) is 1.41. The Balaban J connectivity index is 2.30. The van der Waals surface area contributed by atoms with E-state index in [1.54, 1.807) is 0 Å². The van der Waals surface area contributed by atoms with Crippen LogP contribution >= 0.6 is 0 Å². The summed E-state index contributed by atoms with van der Waals surface area (Å²) < 4.78 is 5.35. The van der Waals surface area contributed by atoms with Crippen LogP contribution in [0.3, 0.4) is 0 Å². The highest BCUT2D eigenvalue weighted by Crippen LogP contribution is 2.07. The van der Waals surface area contributed by atoms with Crippen molar-refractivity contribution in [3.8, 4) is 0 Å². The largest absolute Gasteiger partial charge is 0.462 e. The smallest absolute Gasteiger partial charge is 0.129 e. The van der Waals surface area contributed by atoms with Crippen LogP contribution in [0.15, 0.2) is 16.5 Å². The van der Waals surface area contributed by atoms with Crippen molar-refractivity contribution < 1.29 is 9.52 Å². The van der Waals surface area contributed by atoms with Gasteiger partial charge in [0.2, 0.25) is 0 Å². The number of hydrogen-bond acceptors (Lipinski definition) is 3. The van der Waals surface area contributed by atoms with Crippen molar-refractivity contribution in [3.05, 3.63) is 23.7 Å². The lowest BCUT2D eigenvalue weighted by Gasteiger charge is -2.10. The Hall–Kier alpha value is -0.800. The first-order valence-corrected chi connectivity index (χ1v) is 5.18. The standard InChI is InChI=1S/C11H19NO2/c1-3-4-9(2)12-7-10-5-6-11(8-13)14-10/h5-6,9,12-13H,3-4,7-8H2,1-2H3. The Morgan fingerprint density at radius 3 is 2.71 bits per heavy atom. The molecule has 3 nitrogen and oxygen atoms in total. The molecule has 0 aliphatic heterocycles. The average molecular weight is 197 g/mol. The molecule has 3 heteroatoms. The molecule has 0 bridgehead atoms. The first-order valence-electron chi connectivity index (χ1n) is 5.18. The quantitative estimate of drug-likeness (QED) is 0.733. The summed E-state index contributed by atoms with van der Waals surface area (Å²) in [4.78, 5) is 0. The highest BCUT2D eigenvalue weighted by molar-refractivity contribution is 5.06.